The van der Waals surface area contributed by atoms with Gasteiger partial charge in [-0.15, -0.1) is 0 Å². The van der Waals surface area contributed by atoms with Crippen LogP contribution in [0, 0.1) is 6.92 Å². The van der Waals surface area contributed by atoms with Gasteiger partial charge < -0.3 is 20.3 Å². The molecule has 0 aliphatic heterocycles. The van der Waals surface area contributed by atoms with Crippen LogP contribution < -0.4 is 10.1 Å². The molecule has 1 aromatic heterocycles. The van der Waals surface area contributed by atoms with E-state index in [1.165, 1.54) is 23.7 Å². The molecule has 0 saturated heterocycles. The standard InChI is InChI=1S/C13H17N3O3S/c1-7(2)19-11-5-9(4-10(17)6-11)12(18)15-13-14-8(3)16-20-13/h4-7,12,17-18H,1-3H3,(H,14,15,16). The molecule has 1 heterocycles. The summed E-state index contributed by atoms with van der Waals surface area (Å²) in [5.74, 6) is 1.18. The van der Waals surface area contributed by atoms with Gasteiger partial charge in [0.25, 0.3) is 0 Å². The molecule has 1 unspecified atom stereocenters. The van der Waals surface area contributed by atoms with Crippen molar-refractivity contribution in [3.8, 4) is 11.5 Å². The van der Waals surface area contributed by atoms with E-state index in [1.807, 2.05) is 13.8 Å². The lowest BCUT2D eigenvalue weighted by Gasteiger charge is -2.15. The second-order valence-corrected chi connectivity index (χ2v) is 5.37. The first-order valence-electron chi connectivity index (χ1n) is 6.19. The number of aryl methyl sites for hydroxylation is 1. The summed E-state index contributed by atoms with van der Waals surface area (Å²) in [5, 5.41) is 23.1. The largest absolute Gasteiger partial charge is 0.508 e. The van der Waals surface area contributed by atoms with Crippen molar-refractivity contribution in [3.63, 3.8) is 0 Å². The lowest BCUT2D eigenvalue weighted by molar-refractivity contribution is 0.204. The van der Waals surface area contributed by atoms with Gasteiger partial charge >= 0.3 is 0 Å². The van der Waals surface area contributed by atoms with E-state index in [0.717, 1.165) is 0 Å². The molecular weight excluding hydrogens is 278 g/mol. The quantitative estimate of drug-likeness (QED) is 0.734. The Morgan fingerprint density at radius 1 is 1.30 bits per heavy atom. The summed E-state index contributed by atoms with van der Waals surface area (Å²) in [6, 6.07) is 4.65. The first-order valence-corrected chi connectivity index (χ1v) is 6.97. The fraction of sp³-hybridized carbons (Fsp3) is 0.385. The third kappa shape index (κ3) is 3.82. The van der Waals surface area contributed by atoms with Crippen LogP contribution in [-0.2, 0) is 0 Å². The summed E-state index contributed by atoms with van der Waals surface area (Å²) < 4.78 is 9.54. The third-order valence-corrected chi connectivity index (χ3v) is 3.13. The van der Waals surface area contributed by atoms with E-state index in [9.17, 15) is 10.2 Å². The van der Waals surface area contributed by atoms with Crippen molar-refractivity contribution < 1.29 is 14.9 Å². The Bertz CT molecular complexity index is 586. The molecule has 108 valence electrons. The Morgan fingerprint density at radius 2 is 2.05 bits per heavy atom. The van der Waals surface area contributed by atoms with Crippen molar-refractivity contribution >= 4 is 16.7 Å². The minimum atomic E-state index is -0.996. The number of phenols is 1. The Morgan fingerprint density at radius 3 is 2.65 bits per heavy atom. The van der Waals surface area contributed by atoms with Gasteiger partial charge in [0.2, 0.25) is 5.13 Å². The molecule has 0 amide bonds. The molecule has 20 heavy (non-hydrogen) atoms. The highest BCUT2D eigenvalue weighted by atomic mass is 32.1. The molecule has 0 radical (unpaired) electrons. The van der Waals surface area contributed by atoms with Gasteiger partial charge in [0.1, 0.15) is 17.3 Å². The minimum Gasteiger partial charge on any atom is -0.508 e. The van der Waals surface area contributed by atoms with Crippen LogP contribution in [0.15, 0.2) is 18.2 Å². The van der Waals surface area contributed by atoms with Gasteiger partial charge in [-0.3, -0.25) is 0 Å². The fourth-order valence-corrected chi connectivity index (χ4v) is 2.26. The van der Waals surface area contributed by atoms with Gasteiger partial charge in [-0.05, 0) is 32.9 Å². The molecule has 0 saturated carbocycles. The molecular formula is C13H17N3O3S. The highest BCUT2D eigenvalue weighted by molar-refractivity contribution is 7.09. The van der Waals surface area contributed by atoms with Gasteiger partial charge in [-0.1, -0.05) is 0 Å². The number of hydrogen-bond donors (Lipinski definition) is 3. The number of phenolic OH excluding ortho intramolecular Hbond substituents is 1. The lowest BCUT2D eigenvalue weighted by Crippen LogP contribution is -2.11. The van der Waals surface area contributed by atoms with Crippen molar-refractivity contribution in [3.05, 3.63) is 29.6 Å². The van der Waals surface area contributed by atoms with Crippen molar-refractivity contribution in [2.45, 2.75) is 33.1 Å². The van der Waals surface area contributed by atoms with E-state index in [4.69, 9.17) is 4.74 Å². The summed E-state index contributed by atoms with van der Waals surface area (Å²) in [7, 11) is 0. The molecule has 2 aromatic rings. The minimum absolute atomic E-state index is 0.0134. The van der Waals surface area contributed by atoms with Crippen molar-refractivity contribution in [2.75, 3.05) is 5.32 Å². The van der Waals surface area contributed by atoms with E-state index < -0.39 is 6.23 Å². The Balaban J connectivity index is 2.16. The average Bonchev–Trinajstić information content (AvgIpc) is 2.73. The van der Waals surface area contributed by atoms with E-state index in [2.05, 4.69) is 14.7 Å². The predicted octanol–water partition coefficient (Wildman–Crippen LogP) is 2.44. The van der Waals surface area contributed by atoms with Crippen LogP contribution in [-0.4, -0.2) is 25.7 Å². The summed E-state index contributed by atoms with van der Waals surface area (Å²) in [4.78, 5) is 4.11. The van der Waals surface area contributed by atoms with Crippen LogP contribution in [0.4, 0.5) is 5.13 Å². The smallest absolute Gasteiger partial charge is 0.204 e. The molecule has 0 aliphatic rings. The molecule has 1 atom stereocenters. The normalized spacial score (nSPS) is 12.4. The highest BCUT2D eigenvalue weighted by Crippen LogP contribution is 2.27. The average molecular weight is 295 g/mol. The van der Waals surface area contributed by atoms with Crippen molar-refractivity contribution in [1.29, 1.82) is 0 Å². The Hall–Kier alpha value is -1.86. The third-order valence-electron chi connectivity index (χ3n) is 2.39. The number of nitrogens with zero attached hydrogens (tertiary/aromatic N) is 2. The predicted molar refractivity (Wildman–Crippen MR) is 77.1 cm³/mol. The van der Waals surface area contributed by atoms with Gasteiger partial charge in [0, 0.05) is 23.2 Å². The first kappa shape index (κ1) is 14.5. The zero-order valence-corrected chi connectivity index (χ0v) is 12.3. The van der Waals surface area contributed by atoms with E-state index in [0.29, 0.717) is 22.3 Å². The number of benzene rings is 1. The number of nitrogens with one attached hydrogen (secondary N) is 1. The maximum absolute atomic E-state index is 10.1. The molecule has 2 rings (SSSR count). The molecule has 3 N–H and O–H groups in total. The molecule has 0 bridgehead atoms. The number of rotatable bonds is 5. The molecule has 6 nitrogen and oxygen atoms in total. The highest BCUT2D eigenvalue weighted by Gasteiger charge is 2.13. The van der Waals surface area contributed by atoms with E-state index >= 15 is 0 Å². The van der Waals surface area contributed by atoms with E-state index in [1.54, 1.807) is 13.0 Å². The van der Waals surface area contributed by atoms with Gasteiger partial charge in [-0.25, -0.2) is 4.98 Å². The number of aromatic nitrogens is 2. The maximum Gasteiger partial charge on any atom is 0.204 e. The Kier molecular flexibility index (Phi) is 4.41. The van der Waals surface area contributed by atoms with Crippen LogP contribution in [0.3, 0.4) is 0 Å². The zero-order valence-electron chi connectivity index (χ0n) is 11.5. The van der Waals surface area contributed by atoms with Crippen LogP contribution >= 0.6 is 11.5 Å². The number of ether oxygens (including phenoxy) is 1. The number of anilines is 1. The number of aromatic hydroxyl groups is 1. The van der Waals surface area contributed by atoms with Crippen molar-refractivity contribution in [1.82, 2.24) is 9.36 Å². The monoisotopic (exact) mass is 295 g/mol. The van der Waals surface area contributed by atoms with Gasteiger partial charge in [0.05, 0.1) is 6.10 Å². The van der Waals surface area contributed by atoms with E-state index in [-0.39, 0.29) is 11.9 Å². The van der Waals surface area contributed by atoms with Crippen LogP contribution in [0.1, 0.15) is 31.5 Å². The maximum atomic E-state index is 10.1. The van der Waals surface area contributed by atoms with Gasteiger partial charge in [-0.2, -0.15) is 4.37 Å². The number of aliphatic hydroxyl groups is 1. The number of hydrogen-bond acceptors (Lipinski definition) is 7. The van der Waals surface area contributed by atoms with Crippen LogP contribution in [0.5, 0.6) is 11.5 Å². The molecule has 0 aliphatic carbocycles. The SMILES string of the molecule is Cc1nsc(NC(O)c2cc(O)cc(OC(C)C)c2)n1. The zero-order chi connectivity index (χ0) is 14.7. The first-order chi connectivity index (χ1) is 9.44. The topological polar surface area (TPSA) is 87.5 Å². The fourth-order valence-electron chi connectivity index (χ4n) is 1.66. The lowest BCUT2D eigenvalue weighted by atomic mass is 10.1. The van der Waals surface area contributed by atoms with Crippen LogP contribution in [0.2, 0.25) is 0 Å². The molecule has 0 spiro atoms. The number of aliphatic hydroxyl groups excluding tert-OH is 1. The molecule has 0 fully saturated rings. The summed E-state index contributed by atoms with van der Waals surface area (Å²) in [6.45, 7) is 5.56. The molecule has 7 heteroatoms. The summed E-state index contributed by atoms with van der Waals surface area (Å²) >= 11 is 1.17. The van der Waals surface area contributed by atoms with Gasteiger partial charge in [0.15, 0.2) is 6.23 Å². The second-order valence-electron chi connectivity index (χ2n) is 4.62. The second kappa shape index (κ2) is 6.06. The van der Waals surface area contributed by atoms with Crippen LogP contribution in [0.25, 0.3) is 0 Å². The summed E-state index contributed by atoms with van der Waals surface area (Å²) in [5.41, 5.74) is 0.494. The van der Waals surface area contributed by atoms with Crippen molar-refractivity contribution in [2.24, 2.45) is 0 Å². The Labute approximate surface area is 121 Å². The summed E-state index contributed by atoms with van der Waals surface area (Å²) in [6.07, 6.45) is -1.01. The molecule has 1 aromatic carbocycles.